The number of carbonyl (C=O) groups is 2. The van der Waals surface area contributed by atoms with E-state index >= 15 is 0 Å². The van der Waals surface area contributed by atoms with Crippen LogP contribution in [-0.4, -0.2) is 61.4 Å². The minimum absolute atomic E-state index is 0.0153. The third kappa shape index (κ3) is 3.19. The average Bonchev–Trinajstić information content (AvgIpc) is 2.79. The molecule has 8 heteroatoms. The molecule has 0 saturated carbocycles. The zero-order chi connectivity index (χ0) is 17.1. The second kappa shape index (κ2) is 6.90. The highest BCUT2D eigenvalue weighted by atomic mass is 16.6. The van der Waals surface area contributed by atoms with E-state index in [-0.39, 0.29) is 25.0 Å². The molecule has 0 spiro atoms. The van der Waals surface area contributed by atoms with Crippen LogP contribution in [0.3, 0.4) is 0 Å². The molecule has 1 saturated heterocycles. The van der Waals surface area contributed by atoms with E-state index in [0.717, 1.165) is 4.90 Å². The van der Waals surface area contributed by atoms with Crippen LogP contribution in [0.2, 0.25) is 0 Å². The first-order chi connectivity index (χ1) is 11.6. The Labute approximate surface area is 138 Å². The molecular weight excluding hydrogens is 316 g/mol. The number of aliphatic hydroxyl groups is 1. The fourth-order valence-corrected chi connectivity index (χ4v) is 2.37. The smallest absolute Gasteiger partial charge is 0.277 e. The number of nitrogens with zero attached hydrogens (tertiary/aromatic N) is 1. The average molecular weight is 334 g/mol. The third-order valence-electron chi connectivity index (χ3n) is 3.68. The maximum absolute atomic E-state index is 12.1. The van der Waals surface area contributed by atoms with Crippen LogP contribution >= 0.6 is 0 Å². The Bertz CT molecular complexity index is 683. The fourth-order valence-electron chi connectivity index (χ4n) is 2.37. The van der Waals surface area contributed by atoms with Crippen molar-refractivity contribution in [3.63, 3.8) is 0 Å². The van der Waals surface area contributed by atoms with Gasteiger partial charge in [-0.25, -0.2) is 0 Å². The summed E-state index contributed by atoms with van der Waals surface area (Å²) in [6, 6.07) is 5.14. The summed E-state index contributed by atoms with van der Waals surface area (Å²) in [5, 5.41) is 11.8. The van der Waals surface area contributed by atoms with Crippen LogP contribution in [0.4, 0.5) is 5.69 Å². The fraction of sp³-hybridized carbons (Fsp3) is 0.375. The number of β-amino-alcohol motifs (C(OH)–C–C–N with tert-alkyl or cyclic N) is 1. The van der Waals surface area contributed by atoms with E-state index in [1.54, 1.807) is 18.2 Å². The topological polar surface area (TPSA) is 97.3 Å². The van der Waals surface area contributed by atoms with E-state index in [9.17, 15) is 9.59 Å². The van der Waals surface area contributed by atoms with Gasteiger partial charge >= 0.3 is 0 Å². The van der Waals surface area contributed by atoms with Crippen LogP contribution in [0, 0.1) is 0 Å². The molecule has 2 aliphatic heterocycles. The lowest BCUT2D eigenvalue weighted by molar-refractivity contribution is -0.137. The first kappa shape index (κ1) is 16.3. The summed E-state index contributed by atoms with van der Waals surface area (Å²) in [6.07, 6.45) is 1.22. The minimum atomic E-state index is -0.472. The zero-order valence-corrected chi connectivity index (χ0v) is 13.2. The number of amides is 2. The molecule has 0 radical (unpaired) electrons. The zero-order valence-electron chi connectivity index (χ0n) is 13.2. The van der Waals surface area contributed by atoms with E-state index in [2.05, 4.69) is 5.32 Å². The highest BCUT2D eigenvalue weighted by Crippen LogP contribution is 2.32. The Hall–Kier alpha value is -2.58. The van der Waals surface area contributed by atoms with Gasteiger partial charge in [0.1, 0.15) is 11.8 Å². The van der Waals surface area contributed by atoms with Gasteiger partial charge in [0.05, 0.1) is 33.5 Å². The Morgan fingerprint density at radius 2 is 2.12 bits per heavy atom. The summed E-state index contributed by atoms with van der Waals surface area (Å²) in [6.45, 7) is 0.795. The molecule has 1 aromatic carbocycles. The van der Waals surface area contributed by atoms with Gasteiger partial charge in [-0.3, -0.25) is 14.5 Å². The van der Waals surface area contributed by atoms with Gasteiger partial charge in [-0.15, -0.1) is 0 Å². The van der Waals surface area contributed by atoms with Gasteiger partial charge in [-0.2, -0.15) is 0 Å². The summed E-state index contributed by atoms with van der Waals surface area (Å²) < 4.78 is 16.1. The van der Waals surface area contributed by atoms with Crippen LogP contribution in [0.25, 0.3) is 0 Å². The lowest BCUT2D eigenvalue weighted by Crippen LogP contribution is -2.38. The van der Waals surface area contributed by atoms with Crippen LogP contribution in [0.15, 0.2) is 30.0 Å². The van der Waals surface area contributed by atoms with E-state index in [1.165, 1.54) is 13.2 Å². The number of anilines is 1. The van der Waals surface area contributed by atoms with Crippen molar-refractivity contribution in [1.29, 1.82) is 0 Å². The molecule has 2 amide bonds. The first-order valence-corrected chi connectivity index (χ1v) is 7.50. The number of hydrogen-bond acceptors (Lipinski definition) is 7. The Morgan fingerprint density at radius 3 is 2.75 bits per heavy atom. The number of carbonyl (C=O) groups excluding carboxylic acids is 2. The molecule has 2 heterocycles. The van der Waals surface area contributed by atoms with Gasteiger partial charge in [0.15, 0.2) is 11.5 Å². The number of ether oxygens (including phenoxy) is 3. The number of imide groups is 1. The molecule has 0 bridgehead atoms. The van der Waals surface area contributed by atoms with Crippen molar-refractivity contribution in [3.05, 3.63) is 30.0 Å². The predicted octanol–water partition coefficient (Wildman–Crippen LogP) is 0.130. The number of hydrogen-bond donors (Lipinski definition) is 2. The number of rotatable bonds is 7. The van der Waals surface area contributed by atoms with Crippen LogP contribution in [0.1, 0.15) is 0 Å². The van der Waals surface area contributed by atoms with E-state index in [0.29, 0.717) is 30.4 Å². The van der Waals surface area contributed by atoms with Crippen molar-refractivity contribution >= 4 is 17.5 Å². The van der Waals surface area contributed by atoms with Crippen molar-refractivity contribution < 1.29 is 28.9 Å². The van der Waals surface area contributed by atoms with E-state index in [1.807, 2.05) is 0 Å². The SMILES string of the molecule is COc1cc(NC2=CC(=O)N(CCO)C2=O)ccc1OC1COC1. The monoisotopic (exact) mass is 334 g/mol. The molecule has 1 fully saturated rings. The largest absolute Gasteiger partial charge is 0.493 e. The maximum atomic E-state index is 12.1. The highest BCUT2D eigenvalue weighted by Gasteiger charge is 2.30. The van der Waals surface area contributed by atoms with Crippen molar-refractivity contribution in [1.82, 2.24) is 4.90 Å². The lowest BCUT2D eigenvalue weighted by atomic mass is 10.2. The molecule has 0 atom stereocenters. The summed E-state index contributed by atoms with van der Waals surface area (Å²) in [7, 11) is 1.52. The standard InChI is InChI=1S/C16H18N2O6/c1-22-14-6-10(2-3-13(14)24-11-8-23-9-11)17-12-7-15(20)18(4-5-19)16(12)21/h2-3,6-7,11,17,19H,4-5,8-9H2,1H3. The number of methoxy groups -OCH3 is 1. The molecule has 2 N–H and O–H groups in total. The Kier molecular flexibility index (Phi) is 4.68. The molecule has 8 nitrogen and oxygen atoms in total. The van der Waals surface area contributed by atoms with Crippen molar-refractivity contribution in [2.75, 3.05) is 38.8 Å². The molecule has 2 aliphatic rings. The molecule has 24 heavy (non-hydrogen) atoms. The molecule has 0 aromatic heterocycles. The molecular formula is C16H18N2O6. The third-order valence-corrected chi connectivity index (χ3v) is 3.68. The van der Waals surface area contributed by atoms with Gasteiger partial charge in [-0.05, 0) is 12.1 Å². The highest BCUT2D eigenvalue weighted by molar-refractivity contribution is 6.17. The molecule has 128 valence electrons. The minimum Gasteiger partial charge on any atom is -0.493 e. The number of aliphatic hydroxyl groups excluding tert-OH is 1. The van der Waals surface area contributed by atoms with Crippen molar-refractivity contribution in [2.45, 2.75) is 6.10 Å². The normalized spacial score (nSPS) is 17.6. The molecule has 1 aromatic rings. The van der Waals surface area contributed by atoms with E-state index < -0.39 is 11.8 Å². The summed E-state index contributed by atoms with van der Waals surface area (Å²) >= 11 is 0. The second-order valence-corrected chi connectivity index (χ2v) is 5.34. The maximum Gasteiger partial charge on any atom is 0.277 e. The van der Waals surface area contributed by atoms with Crippen LogP contribution < -0.4 is 14.8 Å². The second-order valence-electron chi connectivity index (χ2n) is 5.34. The Balaban J connectivity index is 1.72. The van der Waals surface area contributed by atoms with Crippen LogP contribution in [0.5, 0.6) is 11.5 Å². The summed E-state index contributed by atoms with van der Waals surface area (Å²) in [5.41, 5.74) is 0.735. The van der Waals surface area contributed by atoms with Crippen molar-refractivity contribution in [3.8, 4) is 11.5 Å². The van der Waals surface area contributed by atoms with Gasteiger partial charge in [0.25, 0.3) is 11.8 Å². The van der Waals surface area contributed by atoms with Gasteiger partial charge in [0, 0.05) is 17.8 Å². The summed E-state index contributed by atoms with van der Waals surface area (Å²) in [4.78, 5) is 24.8. The number of nitrogens with one attached hydrogen (secondary N) is 1. The molecule has 3 rings (SSSR count). The van der Waals surface area contributed by atoms with Crippen molar-refractivity contribution in [2.24, 2.45) is 0 Å². The number of benzene rings is 1. The van der Waals surface area contributed by atoms with E-state index in [4.69, 9.17) is 19.3 Å². The lowest BCUT2D eigenvalue weighted by Gasteiger charge is -2.27. The molecule has 0 unspecified atom stereocenters. The van der Waals surface area contributed by atoms with Gasteiger partial charge < -0.3 is 24.6 Å². The Morgan fingerprint density at radius 1 is 1.33 bits per heavy atom. The van der Waals surface area contributed by atoms with Gasteiger partial charge in [-0.1, -0.05) is 0 Å². The first-order valence-electron chi connectivity index (χ1n) is 7.50. The molecule has 0 aliphatic carbocycles. The van der Waals surface area contributed by atoms with Gasteiger partial charge in [0.2, 0.25) is 0 Å². The summed E-state index contributed by atoms with van der Waals surface area (Å²) in [5.74, 6) is 0.172. The quantitative estimate of drug-likeness (QED) is 0.684. The van der Waals surface area contributed by atoms with Crippen LogP contribution in [-0.2, 0) is 14.3 Å². The predicted molar refractivity (Wildman–Crippen MR) is 83.7 cm³/mol.